The van der Waals surface area contributed by atoms with Gasteiger partial charge in [-0.25, -0.2) is 9.29 Å². The molecule has 0 spiro atoms. The molecular weight excluding hydrogens is 693 g/mol. The molecule has 3 aromatic rings. The summed E-state index contributed by atoms with van der Waals surface area (Å²) in [6.07, 6.45) is 2.33. The summed E-state index contributed by atoms with van der Waals surface area (Å²) in [6, 6.07) is 14.3. The van der Waals surface area contributed by atoms with E-state index in [1.54, 1.807) is 31.2 Å². The lowest BCUT2D eigenvalue weighted by molar-refractivity contribution is -0.131. The van der Waals surface area contributed by atoms with Crippen molar-refractivity contribution >= 4 is 52.3 Å². The number of rotatable bonds is 6. The minimum Gasteiger partial charge on any atom is -0.502 e. The number of ether oxygens (including phenoxy) is 3. The van der Waals surface area contributed by atoms with Crippen molar-refractivity contribution in [3.63, 3.8) is 0 Å². The van der Waals surface area contributed by atoms with Crippen LogP contribution in [0.2, 0.25) is 5.02 Å². The van der Waals surface area contributed by atoms with Crippen LogP contribution in [0, 0.1) is 34.9 Å². The highest BCUT2D eigenvalue weighted by Gasteiger charge is 2.67. The zero-order chi connectivity index (χ0) is 36.6. The number of hydrogen-bond acceptors (Lipinski definition) is 9. The van der Waals surface area contributed by atoms with Crippen LogP contribution < -0.4 is 24.2 Å². The second-order valence-electron chi connectivity index (χ2n) is 14.2. The summed E-state index contributed by atoms with van der Waals surface area (Å²) < 4.78 is 30.7. The summed E-state index contributed by atoms with van der Waals surface area (Å²) >= 11 is 6.12. The van der Waals surface area contributed by atoms with E-state index in [1.165, 1.54) is 31.3 Å². The van der Waals surface area contributed by atoms with Gasteiger partial charge in [0.25, 0.3) is 0 Å². The van der Waals surface area contributed by atoms with Gasteiger partial charge in [-0.3, -0.25) is 24.1 Å². The molecule has 3 aliphatic heterocycles. The number of halogens is 2. The number of carbonyl (C=O) groups excluding carboxylic acids is 4. The number of allylic oxidation sites excluding steroid dienone is 2. The monoisotopic (exact) mass is 729 g/mol. The average Bonchev–Trinajstić information content (AvgIpc) is 3.52. The van der Waals surface area contributed by atoms with Gasteiger partial charge in [0, 0.05) is 24.7 Å². The highest BCUT2D eigenvalue weighted by atomic mass is 35.5. The number of phenols is 1. The maximum Gasteiger partial charge on any atom is 0.241 e. The Kier molecular flexibility index (Phi) is 8.30. The van der Waals surface area contributed by atoms with Gasteiger partial charge in [-0.2, -0.15) is 0 Å². The fourth-order valence-corrected chi connectivity index (χ4v) is 9.41. The number of benzene rings is 3. The molecule has 270 valence electrons. The van der Waals surface area contributed by atoms with Crippen LogP contribution in [-0.2, 0) is 23.9 Å². The number of carbonyl (C=O) groups is 4. The van der Waals surface area contributed by atoms with Crippen molar-refractivity contribution in [1.29, 1.82) is 0 Å². The highest BCUT2D eigenvalue weighted by molar-refractivity contribution is 6.32. The lowest BCUT2D eigenvalue weighted by atomic mass is 9.51. The molecule has 0 bridgehead atoms. The van der Waals surface area contributed by atoms with Crippen LogP contribution in [0.15, 0.2) is 66.2 Å². The summed E-state index contributed by atoms with van der Waals surface area (Å²) in [5.74, 6) is -6.14. The largest absolute Gasteiger partial charge is 0.502 e. The first-order valence-electron chi connectivity index (χ1n) is 17.3. The van der Waals surface area contributed by atoms with Crippen LogP contribution in [0.4, 0.5) is 21.5 Å². The minimum absolute atomic E-state index is 0.101. The van der Waals surface area contributed by atoms with E-state index >= 15 is 0 Å². The second-order valence-corrected chi connectivity index (χ2v) is 14.6. The van der Waals surface area contributed by atoms with Crippen molar-refractivity contribution in [3.8, 4) is 17.2 Å². The quantitative estimate of drug-likeness (QED) is 0.260. The molecular formula is C39H37ClFN3O8. The molecule has 1 N–H and O–H groups in total. The van der Waals surface area contributed by atoms with E-state index in [4.69, 9.17) is 25.8 Å². The maximum atomic E-state index is 14.7. The molecule has 5 aliphatic rings. The number of fused-ring (bicyclic) bond motifs is 4. The standard InChI is InChI=1S/C39H37ClFN3O8/c1-39-27(36(47)44(38(39)49)23-8-11-29(41)28(40)18-23)19-26-24(33(39)20-16-30(50-2)34(45)31(17-20)51-3)9-10-25-32(26)37(48)43(35(25)46)22-6-4-21(5-7-22)42-12-14-52-15-13-42/h4-9,11,16-18,25-27,32-33,45H,10,12-15,19H2,1-3H3. The van der Waals surface area contributed by atoms with E-state index < -0.39 is 52.6 Å². The third kappa shape index (κ3) is 4.94. The van der Waals surface area contributed by atoms with Crippen molar-refractivity contribution < 1.29 is 42.9 Å². The van der Waals surface area contributed by atoms with Crippen molar-refractivity contribution in [1.82, 2.24) is 0 Å². The number of methoxy groups -OCH3 is 2. The first-order chi connectivity index (χ1) is 25.0. The van der Waals surface area contributed by atoms with E-state index in [1.807, 2.05) is 18.2 Å². The Labute approximate surface area is 304 Å². The fraction of sp³-hybridized carbons (Fsp3) is 0.385. The van der Waals surface area contributed by atoms with Crippen LogP contribution in [0.3, 0.4) is 0 Å². The summed E-state index contributed by atoms with van der Waals surface area (Å²) in [5.41, 5.74) is 1.46. The SMILES string of the molecule is COc1cc(C2C3=CCC4C(=O)N(c5ccc(N6CCOCC6)cc5)C(=O)C4C3CC3C(=O)N(c4ccc(F)c(Cl)c4)C(=O)C32C)cc(OC)c1O. The van der Waals surface area contributed by atoms with Gasteiger partial charge in [-0.1, -0.05) is 23.3 Å². The molecule has 11 nitrogen and oxygen atoms in total. The Hall–Kier alpha value is -4.94. The van der Waals surface area contributed by atoms with Crippen LogP contribution in [-0.4, -0.2) is 69.3 Å². The summed E-state index contributed by atoms with van der Waals surface area (Å²) in [6.45, 7) is 4.47. The van der Waals surface area contributed by atoms with Crippen molar-refractivity contribution in [3.05, 3.63) is 82.6 Å². The Bertz CT molecular complexity index is 2020. The molecule has 0 radical (unpaired) electrons. The predicted octanol–water partition coefficient (Wildman–Crippen LogP) is 5.47. The molecule has 1 saturated carbocycles. The number of phenolic OH excluding ortho intramolecular Hbond substituents is 1. The third-order valence-corrected chi connectivity index (χ3v) is 12.0. The molecule has 52 heavy (non-hydrogen) atoms. The van der Waals surface area contributed by atoms with Gasteiger partial charge in [-0.05, 0) is 85.8 Å². The molecule has 13 heteroatoms. The van der Waals surface area contributed by atoms with E-state index in [2.05, 4.69) is 4.90 Å². The number of anilines is 3. The molecule has 3 saturated heterocycles. The number of hydrogen-bond donors (Lipinski definition) is 1. The van der Waals surface area contributed by atoms with Crippen LogP contribution in [0.25, 0.3) is 0 Å². The van der Waals surface area contributed by atoms with E-state index in [9.17, 15) is 28.7 Å². The predicted molar refractivity (Wildman–Crippen MR) is 189 cm³/mol. The molecule has 6 unspecified atom stereocenters. The summed E-state index contributed by atoms with van der Waals surface area (Å²) in [7, 11) is 2.79. The van der Waals surface area contributed by atoms with Crippen molar-refractivity contribution in [2.45, 2.75) is 25.7 Å². The molecule has 6 atom stereocenters. The van der Waals surface area contributed by atoms with E-state index in [-0.39, 0.29) is 52.6 Å². The smallest absolute Gasteiger partial charge is 0.241 e. The maximum absolute atomic E-state index is 14.7. The molecule has 2 aliphatic carbocycles. The van der Waals surface area contributed by atoms with Gasteiger partial charge in [-0.15, -0.1) is 0 Å². The summed E-state index contributed by atoms with van der Waals surface area (Å²) in [5, 5.41) is 10.6. The zero-order valence-corrected chi connectivity index (χ0v) is 29.6. The zero-order valence-electron chi connectivity index (χ0n) is 28.8. The number of amides is 4. The Morgan fingerprint density at radius 3 is 2.12 bits per heavy atom. The molecule has 3 heterocycles. The normalized spacial score (nSPS) is 28.4. The van der Waals surface area contributed by atoms with Crippen molar-refractivity contribution in [2.75, 3.05) is 55.2 Å². The minimum atomic E-state index is -1.39. The number of morpholine rings is 1. The van der Waals surface area contributed by atoms with Crippen LogP contribution in [0.5, 0.6) is 17.2 Å². The number of aromatic hydroxyl groups is 1. The number of nitrogens with zero attached hydrogens (tertiary/aromatic N) is 3. The first kappa shape index (κ1) is 34.2. The van der Waals surface area contributed by atoms with E-state index in [0.29, 0.717) is 24.5 Å². The molecule has 4 fully saturated rings. The topological polar surface area (TPSA) is 126 Å². The highest BCUT2D eigenvalue weighted by Crippen LogP contribution is 2.64. The second kappa shape index (κ2) is 12.6. The Morgan fingerprint density at radius 1 is 0.846 bits per heavy atom. The first-order valence-corrected chi connectivity index (χ1v) is 17.7. The van der Waals surface area contributed by atoms with E-state index in [0.717, 1.165) is 35.3 Å². The van der Waals surface area contributed by atoms with Crippen LogP contribution in [0.1, 0.15) is 31.2 Å². The average molecular weight is 730 g/mol. The van der Waals surface area contributed by atoms with Gasteiger partial charge >= 0.3 is 0 Å². The van der Waals surface area contributed by atoms with Gasteiger partial charge in [0.15, 0.2) is 11.5 Å². The van der Waals surface area contributed by atoms with Gasteiger partial charge in [0.2, 0.25) is 29.4 Å². The molecule has 3 aromatic carbocycles. The molecule has 8 rings (SSSR count). The Morgan fingerprint density at radius 2 is 1.48 bits per heavy atom. The Balaban J connectivity index is 1.22. The molecule has 0 aromatic heterocycles. The fourth-order valence-electron chi connectivity index (χ4n) is 9.23. The summed E-state index contributed by atoms with van der Waals surface area (Å²) in [4.78, 5) is 62.3. The van der Waals surface area contributed by atoms with Gasteiger partial charge < -0.3 is 24.2 Å². The van der Waals surface area contributed by atoms with Gasteiger partial charge in [0.05, 0.1) is 67.0 Å². The molecule has 4 amide bonds. The number of imide groups is 2. The van der Waals surface area contributed by atoms with Gasteiger partial charge in [0.1, 0.15) is 5.82 Å². The third-order valence-electron chi connectivity index (χ3n) is 11.8. The lowest BCUT2D eigenvalue weighted by Crippen LogP contribution is -2.48. The lowest BCUT2D eigenvalue weighted by Gasteiger charge is -2.49. The van der Waals surface area contributed by atoms with Crippen molar-refractivity contribution in [2.24, 2.45) is 29.1 Å². The van der Waals surface area contributed by atoms with Crippen LogP contribution >= 0.6 is 11.6 Å².